The average Bonchev–Trinajstić information content (AvgIpc) is 2.90. The SMILES string of the molecule is c1ccc2cc(N=NCc3nc(OCCN4CCOCC4)cc(N4CCOCC4)n3)ccc2c1. The Morgan fingerprint density at radius 2 is 1.62 bits per heavy atom. The van der Waals surface area contributed by atoms with Crippen LogP contribution in [0.25, 0.3) is 10.8 Å². The van der Waals surface area contributed by atoms with E-state index in [-0.39, 0.29) is 6.54 Å². The first kappa shape index (κ1) is 22.6. The van der Waals surface area contributed by atoms with E-state index in [1.807, 2.05) is 30.3 Å². The van der Waals surface area contributed by atoms with Gasteiger partial charge in [-0.25, -0.2) is 4.98 Å². The van der Waals surface area contributed by atoms with Crippen LogP contribution in [0.2, 0.25) is 0 Å². The second kappa shape index (κ2) is 11.3. The van der Waals surface area contributed by atoms with E-state index in [0.29, 0.717) is 31.5 Å². The second-order valence-electron chi connectivity index (χ2n) is 8.31. The molecule has 0 unspecified atom stereocenters. The Hall–Kier alpha value is -3.14. The molecular formula is C25H30N6O3. The first-order valence-corrected chi connectivity index (χ1v) is 11.8. The fraction of sp³-hybridized carbons (Fsp3) is 0.440. The van der Waals surface area contributed by atoms with E-state index >= 15 is 0 Å². The van der Waals surface area contributed by atoms with Crippen molar-refractivity contribution in [2.45, 2.75) is 6.54 Å². The standard InChI is InChI=1S/C25H30N6O3/c1-2-4-21-17-22(6-5-20(21)3-1)29-26-19-23-27-24(31-10-14-33-15-11-31)18-25(28-23)34-16-9-30-7-12-32-13-8-30/h1-6,17-18H,7-16,19H2. The lowest BCUT2D eigenvalue weighted by atomic mass is 10.1. The smallest absolute Gasteiger partial charge is 0.218 e. The van der Waals surface area contributed by atoms with Crippen LogP contribution in [0.4, 0.5) is 11.5 Å². The molecule has 0 N–H and O–H groups in total. The molecule has 5 rings (SSSR count). The van der Waals surface area contributed by atoms with Gasteiger partial charge in [-0.2, -0.15) is 15.2 Å². The highest BCUT2D eigenvalue weighted by molar-refractivity contribution is 5.84. The fourth-order valence-electron chi connectivity index (χ4n) is 4.08. The molecular weight excluding hydrogens is 432 g/mol. The molecule has 0 atom stereocenters. The molecule has 0 radical (unpaired) electrons. The van der Waals surface area contributed by atoms with Crippen molar-refractivity contribution in [2.24, 2.45) is 10.2 Å². The summed E-state index contributed by atoms with van der Waals surface area (Å²) in [6, 6.07) is 16.2. The van der Waals surface area contributed by atoms with Gasteiger partial charge in [0.1, 0.15) is 19.0 Å². The molecule has 3 heterocycles. The Balaban J connectivity index is 1.27. The summed E-state index contributed by atoms with van der Waals surface area (Å²) in [6.45, 7) is 8.09. The van der Waals surface area contributed by atoms with E-state index in [2.05, 4.69) is 43.2 Å². The monoisotopic (exact) mass is 462 g/mol. The van der Waals surface area contributed by atoms with Gasteiger partial charge in [-0.15, -0.1) is 0 Å². The van der Waals surface area contributed by atoms with Gasteiger partial charge in [0.15, 0.2) is 5.82 Å². The van der Waals surface area contributed by atoms with Gasteiger partial charge >= 0.3 is 0 Å². The molecule has 2 saturated heterocycles. The molecule has 0 aliphatic carbocycles. The lowest BCUT2D eigenvalue weighted by molar-refractivity contribution is 0.0320. The van der Waals surface area contributed by atoms with Gasteiger partial charge in [0, 0.05) is 38.8 Å². The van der Waals surface area contributed by atoms with Crippen molar-refractivity contribution in [1.82, 2.24) is 14.9 Å². The molecule has 0 amide bonds. The van der Waals surface area contributed by atoms with Crippen molar-refractivity contribution in [3.05, 3.63) is 54.4 Å². The third-order valence-corrected chi connectivity index (χ3v) is 5.96. The molecule has 1 aromatic heterocycles. The van der Waals surface area contributed by atoms with Crippen molar-refractivity contribution < 1.29 is 14.2 Å². The zero-order chi connectivity index (χ0) is 23.0. The molecule has 0 spiro atoms. The molecule has 0 saturated carbocycles. The first-order valence-electron chi connectivity index (χ1n) is 11.8. The van der Waals surface area contributed by atoms with Crippen LogP contribution in [0.1, 0.15) is 5.82 Å². The minimum Gasteiger partial charge on any atom is -0.476 e. The fourth-order valence-corrected chi connectivity index (χ4v) is 4.08. The Labute approximate surface area is 199 Å². The molecule has 3 aromatic rings. The first-order chi connectivity index (χ1) is 16.8. The summed E-state index contributed by atoms with van der Waals surface area (Å²) in [7, 11) is 0. The van der Waals surface area contributed by atoms with Gasteiger partial charge in [0.05, 0.1) is 32.1 Å². The number of hydrogen-bond acceptors (Lipinski definition) is 9. The molecule has 0 bridgehead atoms. The summed E-state index contributed by atoms with van der Waals surface area (Å²) in [5, 5.41) is 11.1. The molecule has 2 aliphatic rings. The number of rotatable bonds is 8. The van der Waals surface area contributed by atoms with Crippen LogP contribution in [-0.4, -0.2) is 80.6 Å². The predicted molar refractivity (Wildman–Crippen MR) is 130 cm³/mol. The van der Waals surface area contributed by atoms with E-state index in [1.165, 1.54) is 5.39 Å². The molecule has 178 valence electrons. The summed E-state index contributed by atoms with van der Waals surface area (Å²) in [4.78, 5) is 13.9. The average molecular weight is 463 g/mol. The van der Waals surface area contributed by atoms with Crippen molar-refractivity contribution in [3.8, 4) is 5.88 Å². The molecule has 2 aliphatic heterocycles. The minimum atomic E-state index is 0.283. The van der Waals surface area contributed by atoms with Gasteiger partial charge in [0.25, 0.3) is 0 Å². The maximum atomic E-state index is 6.03. The Morgan fingerprint density at radius 1 is 0.853 bits per heavy atom. The largest absolute Gasteiger partial charge is 0.476 e. The van der Waals surface area contributed by atoms with E-state index in [9.17, 15) is 0 Å². The van der Waals surface area contributed by atoms with Crippen LogP contribution in [0.3, 0.4) is 0 Å². The van der Waals surface area contributed by atoms with Gasteiger partial charge in [0.2, 0.25) is 5.88 Å². The van der Waals surface area contributed by atoms with Crippen LogP contribution in [0, 0.1) is 0 Å². The number of anilines is 1. The lowest BCUT2D eigenvalue weighted by Crippen LogP contribution is -2.38. The highest BCUT2D eigenvalue weighted by Gasteiger charge is 2.16. The van der Waals surface area contributed by atoms with Gasteiger partial charge < -0.3 is 19.1 Å². The number of morpholine rings is 2. The normalized spacial score (nSPS) is 17.5. The summed E-state index contributed by atoms with van der Waals surface area (Å²) in [5.74, 6) is 2.01. The predicted octanol–water partition coefficient (Wildman–Crippen LogP) is 3.46. The topological polar surface area (TPSA) is 84.7 Å². The van der Waals surface area contributed by atoms with Crippen LogP contribution in [0.5, 0.6) is 5.88 Å². The van der Waals surface area contributed by atoms with E-state index < -0.39 is 0 Å². The Bertz CT molecular complexity index is 1110. The quantitative estimate of drug-likeness (QED) is 0.474. The van der Waals surface area contributed by atoms with E-state index in [0.717, 1.165) is 62.8 Å². The summed E-state index contributed by atoms with van der Waals surface area (Å²) >= 11 is 0. The minimum absolute atomic E-state index is 0.283. The van der Waals surface area contributed by atoms with Crippen LogP contribution in [0.15, 0.2) is 58.8 Å². The highest BCUT2D eigenvalue weighted by Crippen LogP contribution is 2.22. The number of nitrogens with zero attached hydrogens (tertiary/aromatic N) is 6. The van der Waals surface area contributed by atoms with Crippen LogP contribution in [-0.2, 0) is 16.0 Å². The van der Waals surface area contributed by atoms with E-state index in [4.69, 9.17) is 19.2 Å². The maximum Gasteiger partial charge on any atom is 0.218 e. The van der Waals surface area contributed by atoms with Gasteiger partial charge in [-0.05, 0) is 22.9 Å². The molecule has 2 fully saturated rings. The zero-order valence-electron chi connectivity index (χ0n) is 19.3. The number of azo groups is 1. The summed E-state index contributed by atoms with van der Waals surface area (Å²) in [6.07, 6.45) is 0. The number of ether oxygens (including phenoxy) is 3. The lowest BCUT2D eigenvalue weighted by Gasteiger charge is -2.28. The Morgan fingerprint density at radius 3 is 2.44 bits per heavy atom. The Kier molecular flexibility index (Phi) is 7.54. The third-order valence-electron chi connectivity index (χ3n) is 5.96. The molecule has 34 heavy (non-hydrogen) atoms. The highest BCUT2D eigenvalue weighted by atomic mass is 16.5. The summed E-state index contributed by atoms with van der Waals surface area (Å²) < 4.78 is 16.9. The van der Waals surface area contributed by atoms with Gasteiger partial charge in [-0.3, -0.25) is 4.90 Å². The van der Waals surface area contributed by atoms with Crippen LogP contribution >= 0.6 is 0 Å². The third kappa shape index (κ3) is 6.05. The number of hydrogen-bond donors (Lipinski definition) is 0. The number of fused-ring (bicyclic) bond motifs is 1. The molecule has 9 nitrogen and oxygen atoms in total. The van der Waals surface area contributed by atoms with Crippen molar-refractivity contribution in [1.29, 1.82) is 0 Å². The van der Waals surface area contributed by atoms with Crippen LogP contribution < -0.4 is 9.64 Å². The number of benzene rings is 2. The van der Waals surface area contributed by atoms with Crippen molar-refractivity contribution in [3.63, 3.8) is 0 Å². The van der Waals surface area contributed by atoms with Crippen molar-refractivity contribution in [2.75, 3.05) is 70.7 Å². The zero-order valence-corrected chi connectivity index (χ0v) is 19.3. The number of aromatic nitrogens is 2. The van der Waals surface area contributed by atoms with Crippen molar-refractivity contribution >= 4 is 22.3 Å². The molecule has 2 aromatic carbocycles. The van der Waals surface area contributed by atoms with E-state index in [1.54, 1.807) is 0 Å². The second-order valence-corrected chi connectivity index (χ2v) is 8.31. The maximum absolute atomic E-state index is 6.03. The van der Waals surface area contributed by atoms with Gasteiger partial charge in [-0.1, -0.05) is 30.3 Å². The molecule has 9 heteroatoms. The summed E-state index contributed by atoms with van der Waals surface area (Å²) in [5.41, 5.74) is 0.810.